The lowest BCUT2D eigenvalue weighted by atomic mass is 10.2. The predicted molar refractivity (Wildman–Crippen MR) is 79.0 cm³/mol. The van der Waals surface area contributed by atoms with Crippen molar-refractivity contribution in [3.63, 3.8) is 0 Å². The molecule has 2 saturated heterocycles. The number of nitrogens with zero attached hydrogens (tertiary/aromatic N) is 1. The number of hydrogen-bond acceptors (Lipinski definition) is 3. The molecule has 2 amide bonds. The molecule has 3 rings (SSSR count). The summed E-state index contributed by atoms with van der Waals surface area (Å²) in [5.74, 6) is 0.191. The molecule has 21 heavy (non-hydrogen) atoms. The van der Waals surface area contributed by atoms with Gasteiger partial charge in [0.05, 0.1) is 4.87 Å². The molecule has 0 saturated carbocycles. The van der Waals surface area contributed by atoms with E-state index in [0.29, 0.717) is 17.7 Å². The van der Waals surface area contributed by atoms with E-state index in [1.807, 2.05) is 6.92 Å². The maximum atomic E-state index is 13.1. The topological polar surface area (TPSA) is 49.4 Å². The van der Waals surface area contributed by atoms with Crippen LogP contribution in [0.15, 0.2) is 24.3 Å². The van der Waals surface area contributed by atoms with E-state index in [0.717, 1.165) is 6.42 Å². The van der Waals surface area contributed by atoms with Crippen molar-refractivity contribution in [1.29, 1.82) is 0 Å². The number of rotatable bonds is 3. The quantitative estimate of drug-likeness (QED) is 0.928. The number of nitrogens with one attached hydrogen (secondary N) is 1. The van der Waals surface area contributed by atoms with Crippen LogP contribution in [0.1, 0.15) is 25.3 Å². The molecule has 112 valence electrons. The third kappa shape index (κ3) is 2.64. The first-order valence-electron chi connectivity index (χ1n) is 6.98. The van der Waals surface area contributed by atoms with Crippen LogP contribution in [0.25, 0.3) is 0 Å². The van der Waals surface area contributed by atoms with E-state index in [-0.39, 0.29) is 29.0 Å². The van der Waals surface area contributed by atoms with Crippen molar-refractivity contribution in [1.82, 2.24) is 10.2 Å². The smallest absolute Gasteiger partial charge is 0.243 e. The SMILES string of the molecule is CC12CCC(=O)N1C(C(=O)NCc1cccc(F)c1)CS2. The fourth-order valence-electron chi connectivity index (χ4n) is 2.97. The van der Waals surface area contributed by atoms with Crippen molar-refractivity contribution in [3.05, 3.63) is 35.6 Å². The monoisotopic (exact) mass is 308 g/mol. The minimum atomic E-state index is -0.413. The maximum absolute atomic E-state index is 13.1. The minimum absolute atomic E-state index is 0.0494. The zero-order chi connectivity index (χ0) is 15.0. The molecule has 0 aliphatic carbocycles. The van der Waals surface area contributed by atoms with Gasteiger partial charge in [-0.2, -0.15) is 0 Å². The van der Waals surface area contributed by atoms with Gasteiger partial charge in [0.2, 0.25) is 11.8 Å². The van der Waals surface area contributed by atoms with Crippen LogP contribution in [-0.2, 0) is 16.1 Å². The van der Waals surface area contributed by atoms with E-state index in [2.05, 4.69) is 5.32 Å². The van der Waals surface area contributed by atoms with E-state index in [1.165, 1.54) is 12.1 Å². The molecule has 2 aliphatic heterocycles. The Balaban J connectivity index is 1.65. The predicted octanol–water partition coefficient (Wildman–Crippen LogP) is 1.90. The molecule has 4 nitrogen and oxygen atoms in total. The first kappa shape index (κ1) is 14.4. The molecule has 1 aromatic rings. The summed E-state index contributed by atoms with van der Waals surface area (Å²) in [4.78, 5) is 25.8. The van der Waals surface area contributed by atoms with E-state index < -0.39 is 6.04 Å². The van der Waals surface area contributed by atoms with Crippen LogP contribution in [0.5, 0.6) is 0 Å². The van der Waals surface area contributed by atoms with Crippen LogP contribution < -0.4 is 5.32 Å². The number of halogens is 1. The Hall–Kier alpha value is -1.56. The van der Waals surface area contributed by atoms with Crippen LogP contribution in [0, 0.1) is 5.82 Å². The highest BCUT2D eigenvalue weighted by molar-refractivity contribution is 8.01. The van der Waals surface area contributed by atoms with Gasteiger partial charge in [-0.25, -0.2) is 4.39 Å². The maximum Gasteiger partial charge on any atom is 0.243 e. The Bertz CT molecular complexity index is 595. The van der Waals surface area contributed by atoms with Crippen molar-refractivity contribution in [2.45, 2.75) is 37.2 Å². The molecule has 2 unspecified atom stereocenters. The molecule has 0 spiro atoms. The van der Waals surface area contributed by atoms with Gasteiger partial charge in [0.1, 0.15) is 11.9 Å². The first-order valence-corrected chi connectivity index (χ1v) is 7.96. The Morgan fingerprint density at radius 2 is 2.38 bits per heavy atom. The molecule has 2 atom stereocenters. The summed E-state index contributed by atoms with van der Waals surface area (Å²) in [5, 5.41) is 2.81. The summed E-state index contributed by atoms with van der Waals surface area (Å²) < 4.78 is 13.1. The number of hydrogen-bond donors (Lipinski definition) is 1. The van der Waals surface area contributed by atoms with Gasteiger partial charge in [-0.05, 0) is 31.0 Å². The lowest BCUT2D eigenvalue weighted by molar-refractivity contribution is -0.138. The van der Waals surface area contributed by atoms with Crippen LogP contribution in [0.4, 0.5) is 4.39 Å². The number of carbonyl (C=O) groups is 2. The van der Waals surface area contributed by atoms with Crippen molar-refractivity contribution >= 4 is 23.6 Å². The van der Waals surface area contributed by atoms with Crippen molar-refractivity contribution in [2.75, 3.05) is 5.75 Å². The van der Waals surface area contributed by atoms with Gasteiger partial charge in [-0.3, -0.25) is 9.59 Å². The normalized spacial score (nSPS) is 27.8. The van der Waals surface area contributed by atoms with Crippen molar-refractivity contribution in [2.24, 2.45) is 0 Å². The molecule has 2 fully saturated rings. The van der Waals surface area contributed by atoms with Crippen molar-refractivity contribution < 1.29 is 14.0 Å². The van der Waals surface area contributed by atoms with Crippen LogP contribution in [-0.4, -0.2) is 33.4 Å². The molecular formula is C15H17FN2O2S. The summed E-state index contributed by atoms with van der Waals surface area (Å²) in [6.45, 7) is 2.29. The average Bonchev–Trinajstić information content (AvgIpc) is 2.94. The second-order valence-corrected chi connectivity index (χ2v) is 7.11. The molecule has 2 heterocycles. The standard InChI is InChI=1S/C15H17FN2O2S/c1-15-6-5-13(19)18(15)12(9-21-15)14(20)17-8-10-3-2-4-11(16)7-10/h2-4,7,12H,5-6,8-9H2,1H3,(H,17,20). The molecule has 1 aromatic carbocycles. The zero-order valence-electron chi connectivity index (χ0n) is 11.8. The highest BCUT2D eigenvalue weighted by atomic mass is 32.2. The average molecular weight is 308 g/mol. The second kappa shape index (κ2) is 5.33. The van der Waals surface area contributed by atoms with Gasteiger partial charge in [0.25, 0.3) is 0 Å². The third-order valence-electron chi connectivity index (χ3n) is 4.10. The van der Waals surface area contributed by atoms with Crippen LogP contribution in [0.2, 0.25) is 0 Å². The molecular weight excluding hydrogens is 291 g/mol. The number of amides is 2. The Labute approximate surface area is 127 Å². The van der Waals surface area contributed by atoms with Gasteiger partial charge in [-0.15, -0.1) is 11.8 Å². The molecule has 0 radical (unpaired) electrons. The lowest BCUT2D eigenvalue weighted by Crippen LogP contribution is -2.49. The third-order valence-corrected chi connectivity index (χ3v) is 5.61. The largest absolute Gasteiger partial charge is 0.350 e. The van der Waals surface area contributed by atoms with Gasteiger partial charge < -0.3 is 10.2 Å². The van der Waals surface area contributed by atoms with Crippen LogP contribution in [0.3, 0.4) is 0 Å². The lowest BCUT2D eigenvalue weighted by Gasteiger charge is -2.29. The molecule has 0 bridgehead atoms. The number of fused-ring (bicyclic) bond motifs is 1. The van der Waals surface area contributed by atoms with Gasteiger partial charge in [-0.1, -0.05) is 12.1 Å². The fourth-order valence-corrected chi connectivity index (χ4v) is 4.40. The zero-order valence-corrected chi connectivity index (χ0v) is 12.6. The summed E-state index contributed by atoms with van der Waals surface area (Å²) >= 11 is 1.66. The summed E-state index contributed by atoms with van der Waals surface area (Å²) in [7, 11) is 0. The number of thioether (sulfide) groups is 1. The van der Waals surface area contributed by atoms with Gasteiger partial charge >= 0.3 is 0 Å². The van der Waals surface area contributed by atoms with Gasteiger partial charge in [0.15, 0.2) is 0 Å². The van der Waals surface area contributed by atoms with E-state index in [4.69, 9.17) is 0 Å². The molecule has 6 heteroatoms. The molecule has 2 aliphatic rings. The summed E-state index contributed by atoms with van der Waals surface area (Å²) in [6.07, 6.45) is 1.31. The van der Waals surface area contributed by atoms with Crippen LogP contribution >= 0.6 is 11.8 Å². The van der Waals surface area contributed by atoms with Crippen molar-refractivity contribution in [3.8, 4) is 0 Å². The second-order valence-electron chi connectivity index (χ2n) is 5.61. The number of benzene rings is 1. The fraction of sp³-hybridized carbons (Fsp3) is 0.467. The highest BCUT2D eigenvalue weighted by Gasteiger charge is 2.52. The minimum Gasteiger partial charge on any atom is -0.350 e. The Morgan fingerprint density at radius 3 is 3.14 bits per heavy atom. The molecule has 0 aromatic heterocycles. The first-order chi connectivity index (χ1) is 9.99. The number of carbonyl (C=O) groups excluding carboxylic acids is 2. The van der Waals surface area contributed by atoms with E-state index >= 15 is 0 Å². The Kier molecular flexibility index (Phi) is 3.65. The summed E-state index contributed by atoms with van der Waals surface area (Å²) in [5.41, 5.74) is 0.713. The van der Waals surface area contributed by atoms with E-state index in [1.54, 1.807) is 28.8 Å². The summed E-state index contributed by atoms with van der Waals surface area (Å²) in [6, 6.07) is 5.73. The molecule has 1 N–H and O–H groups in total. The highest BCUT2D eigenvalue weighted by Crippen LogP contribution is 2.47. The van der Waals surface area contributed by atoms with Gasteiger partial charge in [0, 0.05) is 18.7 Å². The Morgan fingerprint density at radius 1 is 1.57 bits per heavy atom. The van der Waals surface area contributed by atoms with E-state index in [9.17, 15) is 14.0 Å².